The largest absolute Gasteiger partial charge is 0.355 e. The molecule has 2 aromatic heterocycles. The molecule has 3 aromatic rings. The van der Waals surface area contributed by atoms with E-state index < -0.39 is 5.82 Å². The topological polar surface area (TPSA) is 69.7 Å². The van der Waals surface area contributed by atoms with Crippen LogP contribution in [0.5, 0.6) is 0 Å². The Bertz CT molecular complexity index is 964. The molecule has 0 saturated carbocycles. The van der Waals surface area contributed by atoms with Crippen molar-refractivity contribution in [1.82, 2.24) is 25.5 Å². The van der Waals surface area contributed by atoms with Crippen LogP contribution in [0.1, 0.15) is 19.8 Å². The van der Waals surface area contributed by atoms with Crippen LogP contribution in [0.15, 0.2) is 24.4 Å². The lowest BCUT2D eigenvalue weighted by atomic mass is 9.80. The molecule has 0 aliphatic carbocycles. The molecule has 0 unspecified atom stereocenters. The zero-order chi connectivity index (χ0) is 19.0. The second-order valence-corrected chi connectivity index (χ2v) is 7.84. The van der Waals surface area contributed by atoms with Crippen LogP contribution >= 0.6 is 11.6 Å². The highest BCUT2D eigenvalue weighted by molar-refractivity contribution is 6.31. The van der Waals surface area contributed by atoms with Crippen molar-refractivity contribution in [3.8, 4) is 11.3 Å². The van der Waals surface area contributed by atoms with Gasteiger partial charge in [-0.05, 0) is 37.4 Å². The summed E-state index contributed by atoms with van der Waals surface area (Å²) in [5.74, 6) is 0.314. The standard InChI is InChI=1S/C19H22ClFN6/c1-19(11-22-2)6-8-27(9-7-19)14-10-23-17-16(25-26-18(17)24-14)12-4-3-5-13(20)15(12)21/h3-5,10,22H,6-9,11H2,1-2H3,(H,24,25,26). The monoisotopic (exact) mass is 388 g/mol. The lowest BCUT2D eigenvalue weighted by Crippen LogP contribution is -2.43. The number of hydrogen-bond donors (Lipinski definition) is 2. The van der Waals surface area contributed by atoms with E-state index in [2.05, 4.69) is 37.3 Å². The molecule has 27 heavy (non-hydrogen) atoms. The number of nitrogens with zero attached hydrogens (tertiary/aromatic N) is 4. The first-order valence-corrected chi connectivity index (χ1v) is 9.44. The number of halogens is 2. The van der Waals surface area contributed by atoms with E-state index in [9.17, 15) is 4.39 Å². The molecule has 4 rings (SSSR count). The van der Waals surface area contributed by atoms with E-state index >= 15 is 0 Å². The molecule has 1 aliphatic heterocycles. The third-order valence-electron chi connectivity index (χ3n) is 5.37. The Kier molecular flexibility index (Phi) is 4.74. The van der Waals surface area contributed by atoms with Crippen molar-refractivity contribution in [2.24, 2.45) is 5.41 Å². The van der Waals surface area contributed by atoms with Crippen LogP contribution in [-0.4, -0.2) is 46.8 Å². The highest BCUT2D eigenvalue weighted by Gasteiger charge is 2.30. The predicted octanol–water partition coefficient (Wildman–Crippen LogP) is 3.64. The number of nitrogens with one attached hydrogen (secondary N) is 2. The van der Waals surface area contributed by atoms with Gasteiger partial charge >= 0.3 is 0 Å². The summed E-state index contributed by atoms with van der Waals surface area (Å²) in [5, 5.41) is 10.4. The van der Waals surface area contributed by atoms with Crippen LogP contribution in [0.2, 0.25) is 5.02 Å². The maximum Gasteiger partial charge on any atom is 0.202 e. The Hall–Kier alpha value is -2.25. The Labute approximate surface area is 162 Å². The van der Waals surface area contributed by atoms with Gasteiger partial charge in [-0.25, -0.2) is 14.4 Å². The van der Waals surface area contributed by atoms with Gasteiger partial charge < -0.3 is 10.2 Å². The van der Waals surface area contributed by atoms with Gasteiger partial charge in [0.15, 0.2) is 5.82 Å². The first-order valence-electron chi connectivity index (χ1n) is 9.06. The van der Waals surface area contributed by atoms with Crippen molar-refractivity contribution in [3.05, 3.63) is 35.2 Å². The highest BCUT2D eigenvalue weighted by atomic mass is 35.5. The molecule has 3 heterocycles. The average molecular weight is 389 g/mol. The van der Waals surface area contributed by atoms with Crippen LogP contribution in [0.4, 0.5) is 10.2 Å². The molecule has 6 nitrogen and oxygen atoms in total. The Morgan fingerprint density at radius 1 is 1.33 bits per heavy atom. The number of anilines is 1. The lowest BCUT2D eigenvalue weighted by molar-refractivity contribution is 0.242. The van der Waals surface area contributed by atoms with Crippen LogP contribution in [0.25, 0.3) is 22.4 Å². The Morgan fingerprint density at radius 2 is 2.11 bits per heavy atom. The number of hydrogen-bond acceptors (Lipinski definition) is 5. The van der Waals surface area contributed by atoms with Crippen molar-refractivity contribution >= 4 is 28.6 Å². The lowest BCUT2D eigenvalue weighted by Gasteiger charge is -2.39. The van der Waals surface area contributed by atoms with Gasteiger partial charge in [0.1, 0.15) is 11.3 Å². The fraction of sp³-hybridized carbons (Fsp3) is 0.421. The Balaban J connectivity index is 1.61. The van der Waals surface area contributed by atoms with E-state index in [1.165, 1.54) is 6.07 Å². The van der Waals surface area contributed by atoms with E-state index in [1.54, 1.807) is 18.3 Å². The number of aromatic amines is 1. The van der Waals surface area contributed by atoms with E-state index in [4.69, 9.17) is 11.6 Å². The van der Waals surface area contributed by atoms with Gasteiger partial charge in [0.05, 0.1) is 16.9 Å². The van der Waals surface area contributed by atoms with E-state index in [-0.39, 0.29) is 5.02 Å². The summed E-state index contributed by atoms with van der Waals surface area (Å²) in [6.45, 7) is 5.19. The van der Waals surface area contributed by atoms with Gasteiger partial charge in [-0.1, -0.05) is 24.6 Å². The second kappa shape index (κ2) is 7.05. The van der Waals surface area contributed by atoms with Gasteiger partial charge in [0.2, 0.25) is 5.65 Å². The van der Waals surface area contributed by atoms with Crippen LogP contribution in [0.3, 0.4) is 0 Å². The maximum absolute atomic E-state index is 14.4. The molecule has 1 aliphatic rings. The SMILES string of the molecule is CNCC1(C)CCN(c2cnc3c(-c4cccc(Cl)c4F)[nH]nc3n2)CC1. The van der Waals surface area contributed by atoms with Gasteiger partial charge in [-0.3, -0.25) is 5.10 Å². The molecule has 1 aromatic carbocycles. The fourth-order valence-corrected chi connectivity index (χ4v) is 3.88. The van der Waals surface area contributed by atoms with Gasteiger partial charge in [-0.2, -0.15) is 5.10 Å². The van der Waals surface area contributed by atoms with Crippen LogP contribution in [-0.2, 0) is 0 Å². The molecule has 8 heteroatoms. The maximum atomic E-state index is 14.4. The molecule has 2 N–H and O–H groups in total. The summed E-state index contributed by atoms with van der Waals surface area (Å²) in [6.07, 6.45) is 3.92. The van der Waals surface area contributed by atoms with Crippen molar-refractivity contribution < 1.29 is 4.39 Å². The number of fused-ring (bicyclic) bond motifs is 1. The molecule has 0 atom stereocenters. The van der Waals surface area contributed by atoms with Crippen molar-refractivity contribution in [1.29, 1.82) is 0 Å². The zero-order valence-electron chi connectivity index (χ0n) is 15.4. The van der Waals surface area contributed by atoms with Crippen molar-refractivity contribution in [3.63, 3.8) is 0 Å². The van der Waals surface area contributed by atoms with Gasteiger partial charge in [-0.15, -0.1) is 0 Å². The summed E-state index contributed by atoms with van der Waals surface area (Å²) in [4.78, 5) is 11.4. The summed E-state index contributed by atoms with van der Waals surface area (Å²) in [5.41, 5.74) is 2.16. The zero-order valence-corrected chi connectivity index (χ0v) is 16.1. The minimum absolute atomic E-state index is 0.0674. The number of aromatic nitrogens is 4. The van der Waals surface area contributed by atoms with E-state index in [0.717, 1.165) is 38.3 Å². The summed E-state index contributed by atoms with van der Waals surface area (Å²) < 4.78 is 14.4. The minimum atomic E-state index is -0.490. The summed E-state index contributed by atoms with van der Waals surface area (Å²) in [6, 6.07) is 4.86. The third kappa shape index (κ3) is 3.37. The first-order chi connectivity index (χ1) is 13.0. The van der Waals surface area contributed by atoms with Gasteiger partial charge in [0, 0.05) is 25.2 Å². The number of rotatable bonds is 4. The quantitative estimate of drug-likeness (QED) is 0.714. The summed E-state index contributed by atoms with van der Waals surface area (Å²) >= 11 is 5.90. The van der Waals surface area contributed by atoms with Gasteiger partial charge in [0.25, 0.3) is 0 Å². The normalized spacial score (nSPS) is 16.8. The van der Waals surface area contributed by atoms with Crippen molar-refractivity contribution in [2.45, 2.75) is 19.8 Å². The molecule has 1 fully saturated rings. The predicted molar refractivity (Wildman–Crippen MR) is 106 cm³/mol. The minimum Gasteiger partial charge on any atom is -0.355 e. The molecular weight excluding hydrogens is 367 g/mol. The third-order valence-corrected chi connectivity index (χ3v) is 5.66. The van der Waals surface area contributed by atoms with Crippen LogP contribution in [0, 0.1) is 11.2 Å². The smallest absolute Gasteiger partial charge is 0.202 e. The highest BCUT2D eigenvalue weighted by Crippen LogP contribution is 2.33. The number of benzene rings is 1. The molecule has 0 bridgehead atoms. The molecule has 1 saturated heterocycles. The molecular formula is C19H22ClFN6. The molecule has 0 amide bonds. The van der Waals surface area contributed by atoms with Crippen molar-refractivity contribution in [2.75, 3.05) is 31.6 Å². The summed E-state index contributed by atoms with van der Waals surface area (Å²) in [7, 11) is 1.99. The molecule has 0 spiro atoms. The average Bonchev–Trinajstić information content (AvgIpc) is 3.08. The van der Waals surface area contributed by atoms with E-state index in [0.29, 0.717) is 27.8 Å². The second-order valence-electron chi connectivity index (χ2n) is 7.43. The Morgan fingerprint density at radius 3 is 2.85 bits per heavy atom. The molecule has 0 radical (unpaired) electrons. The fourth-order valence-electron chi connectivity index (χ4n) is 3.70. The molecule has 142 valence electrons. The number of H-pyrrole nitrogens is 1. The van der Waals surface area contributed by atoms with Crippen LogP contribution < -0.4 is 10.2 Å². The van der Waals surface area contributed by atoms with E-state index in [1.807, 2.05) is 7.05 Å². The number of piperidine rings is 1. The first kappa shape index (κ1) is 18.1.